The molecule has 0 aliphatic carbocycles. The van der Waals surface area contributed by atoms with Gasteiger partial charge in [0.1, 0.15) is 11.5 Å². The van der Waals surface area contributed by atoms with Gasteiger partial charge in [-0.1, -0.05) is 30.3 Å². The lowest BCUT2D eigenvalue weighted by Crippen LogP contribution is -2.29. The molecule has 1 aliphatic rings. The number of carbonyl (C=O) groups excluding carboxylic acids is 2. The van der Waals surface area contributed by atoms with E-state index in [-0.39, 0.29) is 11.3 Å². The lowest BCUT2D eigenvalue weighted by molar-refractivity contribution is -0.140. The van der Waals surface area contributed by atoms with Gasteiger partial charge in [-0.2, -0.15) is 0 Å². The summed E-state index contributed by atoms with van der Waals surface area (Å²) in [5.74, 6) is -0.777. The highest BCUT2D eigenvalue weighted by atomic mass is 32.1. The van der Waals surface area contributed by atoms with Crippen LogP contribution < -0.4 is 4.74 Å². The van der Waals surface area contributed by atoms with Crippen molar-refractivity contribution < 1.29 is 19.4 Å². The van der Waals surface area contributed by atoms with Crippen LogP contribution in [0.25, 0.3) is 5.76 Å². The summed E-state index contributed by atoms with van der Waals surface area (Å²) >= 11 is 1.53. The van der Waals surface area contributed by atoms with Gasteiger partial charge in [-0.15, -0.1) is 11.3 Å². The van der Waals surface area contributed by atoms with Crippen molar-refractivity contribution in [1.82, 2.24) is 4.90 Å². The van der Waals surface area contributed by atoms with Crippen LogP contribution in [0.5, 0.6) is 5.75 Å². The molecular weight excluding hydrogens is 410 g/mol. The average Bonchev–Trinajstić information content (AvgIpc) is 3.37. The third-order valence-electron chi connectivity index (χ3n) is 5.37. The summed E-state index contributed by atoms with van der Waals surface area (Å²) in [6.07, 6.45) is 0. The number of aliphatic hydroxyl groups is 1. The molecule has 1 aromatic heterocycles. The molecule has 3 aromatic rings. The Morgan fingerprint density at radius 1 is 1.06 bits per heavy atom. The van der Waals surface area contributed by atoms with Crippen molar-refractivity contribution in [3.05, 3.63) is 93.2 Å². The Balaban J connectivity index is 1.84. The number of ether oxygens (including phenoxy) is 1. The molecule has 6 heteroatoms. The Kier molecular flexibility index (Phi) is 5.91. The predicted molar refractivity (Wildman–Crippen MR) is 121 cm³/mol. The maximum absolute atomic E-state index is 13.1. The number of ketones is 1. The zero-order valence-corrected chi connectivity index (χ0v) is 18.2. The summed E-state index contributed by atoms with van der Waals surface area (Å²) in [6, 6.07) is 17.7. The molecule has 0 spiro atoms. The number of hydrogen-bond acceptors (Lipinski definition) is 5. The zero-order chi connectivity index (χ0) is 22.0. The molecule has 2 heterocycles. The SMILES string of the molecule is CCOc1ccc(/C(O)=C2\C(=O)C(=O)N(Cc3cccs3)C2c2ccccc2C)cc1. The van der Waals surface area contributed by atoms with E-state index in [0.29, 0.717) is 24.5 Å². The monoisotopic (exact) mass is 433 g/mol. The molecule has 1 unspecified atom stereocenters. The van der Waals surface area contributed by atoms with Crippen LogP contribution in [-0.2, 0) is 16.1 Å². The quantitative estimate of drug-likeness (QED) is 0.335. The number of carbonyl (C=O) groups is 2. The van der Waals surface area contributed by atoms with E-state index in [4.69, 9.17) is 4.74 Å². The Morgan fingerprint density at radius 3 is 2.45 bits per heavy atom. The van der Waals surface area contributed by atoms with E-state index in [2.05, 4.69) is 0 Å². The fourth-order valence-corrected chi connectivity index (χ4v) is 4.56. The minimum atomic E-state index is -0.670. The topological polar surface area (TPSA) is 66.8 Å². The second-order valence-electron chi connectivity index (χ2n) is 7.32. The van der Waals surface area contributed by atoms with Crippen LogP contribution in [0.3, 0.4) is 0 Å². The highest BCUT2D eigenvalue weighted by Crippen LogP contribution is 2.41. The molecule has 31 heavy (non-hydrogen) atoms. The van der Waals surface area contributed by atoms with Crippen molar-refractivity contribution in [3.8, 4) is 5.75 Å². The number of aryl methyl sites for hydroxylation is 1. The lowest BCUT2D eigenvalue weighted by Gasteiger charge is -2.26. The number of hydrogen-bond donors (Lipinski definition) is 1. The van der Waals surface area contributed by atoms with Gasteiger partial charge in [0.15, 0.2) is 0 Å². The average molecular weight is 434 g/mol. The molecule has 158 valence electrons. The molecule has 1 atom stereocenters. The van der Waals surface area contributed by atoms with Crippen LogP contribution in [0.15, 0.2) is 71.6 Å². The highest BCUT2D eigenvalue weighted by molar-refractivity contribution is 7.09. The molecule has 1 N–H and O–H groups in total. The highest BCUT2D eigenvalue weighted by Gasteiger charge is 2.46. The Morgan fingerprint density at radius 2 is 1.81 bits per heavy atom. The zero-order valence-electron chi connectivity index (χ0n) is 17.4. The molecule has 4 rings (SSSR count). The maximum atomic E-state index is 13.1. The largest absolute Gasteiger partial charge is 0.507 e. The number of benzene rings is 2. The predicted octanol–water partition coefficient (Wildman–Crippen LogP) is 5.08. The normalized spacial score (nSPS) is 17.9. The number of nitrogens with zero attached hydrogens (tertiary/aromatic N) is 1. The third kappa shape index (κ3) is 3.99. The van der Waals surface area contributed by atoms with Crippen LogP contribution in [0.4, 0.5) is 0 Å². The lowest BCUT2D eigenvalue weighted by atomic mass is 9.92. The van der Waals surface area contributed by atoms with Gasteiger partial charge in [0, 0.05) is 10.4 Å². The minimum Gasteiger partial charge on any atom is -0.507 e. The van der Waals surface area contributed by atoms with Gasteiger partial charge in [0.05, 0.1) is 24.8 Å². The van der Waals surface area contributed by atoms with Gasteiger partial charge in [0.25, 0.3) is 11.7 Å². The minimum absolute atomic E-state index is 0.111. The van der Waals surface area contributed by atoms with Crippen molar-refractivity contribution >= 4 is 28.8 Å². The van der Waals surface area contributed by atoms with Crippen LogP contribution in [-0.4, -0.2) is 28.3 Å². The van der Waals surface area contributed by atoms with E-state index in [9.17, 15) is 14.7 Å². The smallest absolute Gasteiger partial charge is 0.295 e. The van der Waals surface area contributed by atoms with Crippen LogP contribution >= 0.6 is 11.3 Å². The second-order valence-corrected chi connectivity index (χ2v) is 8.35. The van der Waals surface area contributed by atoms with E-state index >= 15 is 0 Å². The van der Waals surface area contributed by atoms with Crippen molar-refractivity contribution in [2.45, 2.75) is 26.4 Å². The number of Topliss-reactive ketones (excluding diaryl/α,β-unsaturated/α-hetero) is 1. The van der Waals surface area contributed by atoms with Crippen LogP contribution in [0.2, 0.25) is 0 Å². The number of amides is 1. The first-order valence-corrected chi connectivity index (χ1v) is 11.0. The molecule has 5 nitrogen and oxygen atoms in total. The Hall–Kier alpha value is -3.38. The van der Waals surface area contributed by atoms with E-state index in [1.807, 2.05) is 55.6 Å². The van der Waals surface area contributed by atoms with E-state index in [0.717, 1.165) is 16.0 Å². The molecule has 2 aromatic carbocycles. The van der Waals surface area contributed by atoms with Crippen molar-refractivity contribution in [2.75, 3.05) is 6.61 Å². The van der Waals surface area contributed by atoms with Gasteiger partial charge in [-0.05, 0) is 60.7 Å². The molecule has 0 bridgehead atoms. The first kappa shape index (κ1) is 20.9. The fraction of sp³-hybridized carbons (Fsp3) is 0.200. The first-order chi connectivity index (χ1) is 15.0. The second kappa shape index (κ2) is 8.78. The molecule has 1 amide bonds. The summed E-state index contributed by atoms with van der Waals surface area (Å²) < 4.78 is 5.46. The van der Waals surface area contributed by atoms with Gasteiger partial charge < -0.3 is 14.7 Å². The number of likely N-dealkylation sites (tertiary alicyclic amines) is 1. The Bertz CT molecular complexity index is 1130. The molecule has 1 saturated heterocycles. The summed E-state index contributed by atoms with van der Waals surface area (Å²) in [7, 11) is 0. The van der Waals surface area contributed by atoms with Gasteiger partial charge >= 0.3 is 0 Å². The summed E-state index contributed by atoms with van der Waals surface area (Å²) in [5, 5.41) is 13.1. The molecule has 1 aliphatic heterocycles. The standard InChI is InChI=1S/C25H23NO4S/c1-3-30-18-12-10-17(11-13-18)23(27)21-22(20-9-5-4-7-16(20)2)26(25(29)24(21)28)15-19-8-6-14-31-19/h4-14,22,27H,3,15H2,1-2H3/b23-21+. The number of thiophene rings is 1. The first-order valence-electron chi connectivity index (χ1n) is 10.1. The third-order valence-corrected chi connectivity index (χ3v) is 6.23. The summed E-state index contributed by atoms with van der Waals surface area (Å²) in [4.78, 5) is 28.6. The van der Waals surface area contributed by atoms with Crippen molar-refractivity contribution in [1.29, 1.82) is 0 Å². The molecule has 1 fully saturated rings. The fourth-order valence-electron chi connectivity index (χ4n) is 3.86. The van der Waals surface area contributed by atoms with E-state index < -0.39 is 17.7 Å². The van der Waals surface area contributed by atoms with E-state index in [1.54, 1.807) is 29.2 Å². The molecule has 0 radical (unpaired) electrons. The van der Waals surface area contributed by atoms with Gasteiger partial charge in [-0.3, -0.25) is 9.59 Å². The van der Waals surface area contributed by atoms with Gasteiger partial charge in [0.2, 0.25) is 0 Å². The van der Waals surface area contributed by atoms with Crippen LogP contribution in [0, 0.1) is 6.92 Å². The number of aliphatic hydroxyl groups excluding tert-OH is 1. The van der Waals surface area contributed by atoms with Crippen molar-refractivity contribution in [3.63, 3.8) is 0 Å². The Labute approximate surface area is 185 Å². The summed E-state index contributed by atoms with van der Waals surface area (Å²) in [6.45, 7) is 4.68. The van der Waals surface area contributed by atoms with Gasteiger partial charge in [-0.25, -0.2) is 0 Å². The maximum Gasteiger partial charge on any atom is 0.295 e. The molecule has 0 saturated carbocycles. The summed E-state index contributed by atoms with van der Waals surface area (Å²) in [5.41, 5.74) is 2.35. The molecular formula is C25H23NO4S. The van der Waals surface area contributed by atoms with E-state index in [1.165, 1.54) is 11.3 Å². The van der Waals surface area contributed by atoms with Crippen LogP contribution in [0.1, 0.15) is 34.5 Å². The number of rotatable bonds is 6. The van der Waals surface area contributed by atoms with Crippen molar-refractivity contribution in [2.24, 2.45) is 0 Å².